The molecule has 28 heavy (non-hydrogen) atoms. The number of anilines is 1. The Labute approximate surface area is 164 Å². The number of amides is 1. The summed E-state index contributed by atoms with van der Waals surface area (Å²) in [5.41, 5.74) is 1.60. The summed E-state index contributed by atoms with van der Waals surface area (Å²) in [4.78, 5) is 24.4. The van der Waals surface area contributed by atoms with Crippen LogP contribution in [-0.4, -0.2) is 26.4 Å². The number of primary sulfonamides is 1. The van der Waals surface area contributed by atoms with Gasteiger partial charge in [0.15, 0.2) is 6.10 Å². The quantitative estimate of drug-likeness (QED) is 0.744. The zero-order chi connectivity index (χ0) is 21.1. The minimum Gasteiger partial charge on any atom is -0.449 e. The zero-order valence-electron chi connectivity index (χ0n) is 16.2. The Morgan fingerprint density at radius 3 is 2.21 bits per heavy atom. The predicted molar refractivity (Wildman–Crippen MR) is 106 cm³/mol. The van der Waals surface area contributed by atoms with Crippen molar-refractivity contribution >= 4 is 27.6 Å². The van der Waals surface area contributed by atoms with E-state index < -0.39 is 28.0 Å². The fourth-order valence-corrected chi connectivity index (χ4v) is 2.94. The molecule has 2 aromatic carbocycles. The summed E-state index contributed by atoms with van der Waals surface area (Å²) in [7, 11) is -3.89. The molecule has 2 rings (SSSR count). The first-order valence-corrected chi connectivity index (χ1v) is 10.2. The molecule has 0 saturated carbocycles. The second-order valence-electron chi connectivity index (χ2n) is 7.44. The van der Waals surface area contributed by atoms with Crippen LogP contribution < -0.4 is 10.5 Å². The maximum atomic E-state index is 12.3. The molecule has 0 heterocycles. The fraction of sp³-hybridized carbons (Fsp3) is 0.300. The lowest BCUT2D eigenvalue weighted by Crippen LogP contribution is -2.30. The molecule has 0 saturated heterocycles. The van der Waals surface area contributed by atoms with Crippen LogP contribution in [0.3, 0.4) is 0 Å². The molecular weight excluding hydrogens is 380 g/mol. The summed E-state index contributed by atoms with van der Waals surface area (Å²) in [6.07, 6.45) is -1.08. The third-order valence-electron chi connectivity index (χ3n) is 4.07. The van der Waals surface area contributed by atoms with Crippen molar-refractivity contribution in [3.63, 3.8) is 0 Å². The molecule has 0 bridgehead atoms. The average Bonchev–Trinajstić information content (AvgIpc) is 2.60. The minimum absolute atomic E-state index is 0.0405. The smallest absolute Gasteiger partial charge is 0.338 e. The van der Waals surface area contributed by atoms with Crippen molar-refractivity contribution in [2.24, 2.45) is 5.14 Å². The zero-order valence-corrected chi connectivity index (χ0v) is 17.0. The van der Waals surface area contributed by atoms with E-state index >= 15 is 0 Å². The van der Waals surface area contributed by atoms with Gasteiger partial charge >= 0.3 is 5.97 Å². The number of carbonyl (C=O) groups excluding carboxylic acids is 2. The third-order valence-corrected chi connectivity index (χ3v) is 4.98. The largest absolute Gasteiger partial charge is 0.449 e. The van der Waals surface area contributed by atoms with Gasteiger partial charge in [-0.3, -0.25) is 4.79 Å². The highest BCUT2D eigenvalue weighted by molar-refractivity contribution is 7.89. The lowest BCUT2D eigenvalue weighted by Gasteiger charge is -2.19. The summed E-state index contributed by atoms with van der Waals surface area (Å²) in [6.45, 7) is 7.63. The van der Waals surface area contributed by atoms with Crippen LogP contribution in [0.1, 0.15) is 43.6 Å². The van der Waals surface area contributed by atoms with Gasteiger partial charge in [-0.25, -0.2) is 18.4 Å². The summed E-state index contributed by atoms with van der Waals surface area (Å²) < 4.78 is 28.0. The third kappa shape index (κ3) is 5.64. The van der Waals surface area contributed by atoms with Gasteiger partial charge in [0.1, 0.15) is 0 Å². The number of hydrogen-bond acceptors (Lipinski definition) is 5. The lowest BCUT2D eigenvalue weighted by molar-refractivity contribution is -0.123. The molecule has 0 fully saturated rings. The van der Waals surface area contributed by atoms with E-state index in [9.17, 15) is 18.0 Å². The molecule has 7 nitrogen and oxygen atoms in total. The van der Waals surface area contributed by atoms with E-state index in [4.69, 9.17) is 9.88 Å². The number of carbonyl (C=O) groups is 2. The number of rotatable bonds is 5. The van der Waals surface area contributed by atoms with E-state index in [1.165, 1.54) is 31.2 Å². The van der Waals surface area contributed by atoms with Gasteiger partial charge in [0.2, 0.25) is 10.0 Å². The van der Waals surface area contributed by atoms with Crippen molar-refractivity contribution in [3.05, 3.63) is 59.7 Å². The SMILES string of the molecule is CC(OC(=O)c1ccc(C(C)(C)C)cc1)C(=O)Nc1cccc(S(N)(=O)=O)c1. The Morgan fingerprint density at radius 2 is 1.68 bits per heavy atom. The second-order valence-corrected chi connectivity index (χ2v) is 9.00. The monoisotopic (exact) mass is 404 g/mol. The van der Waals surface area contributed by atoms with Crippen LogP contribution in [0.5, 0.6) is 0 Å². The number of hydrogen-bond donors (Lipinski definition) is 2. The van der Waals surface area contributed by atoms with Crippen molar-refractivity contribution in [1.29, 1.82) is 0 Å². The standard InChI is InChI=1S/C20H24N2O5S/c1-13(18(23)22-16-6-5-7-17(12-16)28(21,25)26)27-19(24)14-8-10-15(11-9-14)20(2,3)4/h5-13H,1-4H3,(H,22,23)(H2,21,25,26). The molecular formula is C20H24N2O5S. The second kappa shape index (κ2) is 8.12. The van der Waals surface area contributed by atoms with Crippen LogP contribution in [0.15, 0.2) is 53.4 Å². The number of esters is 1. The van der Waals surface area contributed by atoms with Crippen molar-refractivity contribution in [1.82, 2.24) is 0 Å². The Morgan fingerprint density at radius 1 is 1.07 bits per heavy atom. The Bertz CT molecular complexity index is 976. The summed E-state index contributed by atoms with van der Waals surface area (Å²) in [5.74, 6) is -1.22. The van der Waals surface area contributed by atoms with Crippen LogP contribution in [0.4, 0.5) is 5.69 Å². The van der Waals surface area contributed by atoms with Gasteiger partial charge in [-0.05, 0) is 48.2 Å². The van der Waals surface area contributed by atoms with E-state index in [-0.39, 0.29) is 16.0 Å². The topological polar surface area (TPSA) is 116 Å². The Balaban J connectivity index is 2.03. The number of ether oxygens (including phenoxy) is 1. The van der Waals surface area contributed by atoms with Gasteiger partial charge in [-0.1, -0.05) is 39.0 Å². The molecule has 0 aliphatic rings. The number of nitrogens with two attached hydrogens (primary N) is 1. The molecule has 1 unspecified atom stereocenters. The van der Waals surface area contributed by atoms with Crippen molar-refractivity contribution in [2.45, 2.75) is 44.1 Å². The first kappa shape index (κ1) is 21.6. The number of benzene rings is 2. The van der Waals surface area contributed by atoms with E-state index in [2.05, 4.69) is 26.1 Å². The van der Waals surface area contributed by atoms with Crippen LogP contribution in [-0.2, 0) is 25.0 Å². The van der Waals surface area contributed by atoms with Crippen LogP contribution in [0.25, 0.3) is 0 Å². The van der Waals surface area contributed by atoms with E-state index in [0.29, 0.717) is 5.56 Å². The highest BCUT2D eigenvalue weighted by Gasteiger charge is 2.20. The molecule has 2 aromatic rings. The first-order valence-electron chi connectivity index (χ1n) is 8.63. The minimum atomic E-state index is -3.89. The maximum Gasteiger partial charge on any atom is 0.338 e. The van der Waals surface area contributed by atoms with Gasteiger partial charge in [-0.2, -0.15) is 0 Å². The van der Waals surface area contributed by atoms with Crippen LogP contribution in [0, 0.1) is 0 Å². The Kier molecular flexibility index (Phi) is 6.26. The summed E-state index contributed by atoms with van der Waals surface area (Å²) in [6, 6.07) is 12.5. The molecule has 8 heteroatoms. The summed E-state index contributed by atoms with van der Waals surface area (Å²) in [5, 5.41) is 7.58. The van der Waals surface area contributed by atoms with E-state index in [1.54, 1.807) is 12.1 Å². The van der Waals surface area contributed by atoms with Crippen LogP contribution >= 0.6 is 0 Å². The van der Waals surface area contributed by atoms with Crippen molar-refractivity contribution in [3.8, 4) is 0 Å². The van der Waals surface area contributed by atoms with Gasteiger partial charge in [-0.15, -0.1) is 0 Å². The molecule has 0 aliphatic heterocycles. The van der Waals surface area contributed by atoms with E-state index in [1.807, 2.05) is 12.1 Å². The normalized spacial score (nSPS) is 12.9. The molecule has 0 spiro atoms. The van der Waals surface area contributed by atoms with Gasteiger partial charge < -0.3 is 10.1 Å². The highest BCUT2D eigenvalue weighted by Crippen LogP contribution is 2.22. The van der Waals surface area contributed by atoms with Crippen LogP contribution in [0.2, 0.25) is 0 Å². The molecule has 1 atom stereocenters. The molecule has 150 valence electrons. The lowest BCUT2D eigenvalue weighted by atomic mass is 9.87. The molecule has 0 aliphatic carbocycles. The number of sulfonamides is 1. The molecule has 3 N–H and O–H groups in total. The highest BCUT2D eigenvalue weighted by atomic mass is 32.2. The van der Waals surface area contributed by atoms with Gasteiger partial charge in [0.25, 0.3) is 5.91 Å². The molecule has 0 aromatic heterocycles. The Hall–Kier alpha value is -2.71. The molecule has 1 amide bonds. The van der Waals surface area contributed by atoms with Crippen molar-refractivity contribution in [2.75, 3.05) is 5.32 Å². The molecule has 0 radical (unpaired) electrons. The average molecular weight is 404 g/mol. The summed E-state index contributed by atoms with van der Waals surface area (Å²) >= 11 is 0. The maximum absolute atomic E-state index is 12.3. The fourth-order valence-electron chi connectivity index (χ4n) is 2.38. The predicted octanol–water partition coefficient (Wildman–Crippen LogP) is 2.82. The van der Waals surface area contributed by atoms with E-state index in [0.717, 1.165) is 5.56 Å². The number of nitrogens with one attached hydrogen (secondary N) is 1. The van der Waals surface area contributed by atoms with Gasteiger partial charge in [0.05, 0.1) is 10.5 Å². The van der Waals surface area contributed by atoms with Crippen molar-refractivity contribution < 1.29 is 22.7 Å². The van der Waals surface area contributed by atoms with Gasteiger partial charge in [0, 0.05) is 5.69 Å². The first-order chi connectivity index (χ1) is 12.9.